The van der Waals surface area contributed by atoms with E-state index in [2.05, 4.69) is 0 Å². The summed E-state index contributed by atoms with van der Waals surface area (Å²) in [6, 6.07) is 0. The van der Waals surface area contributed by atoms with Crippen LogP contribution in [-0.2, 0) is 9.59 Å². The molecule has 76 valence electrons. The smallest absolute Gasteiger partial charge is 0.235 e. The van der Waals surface area contributed by atoms with Gasteiger partial charge >= 0.3 is 0 Å². The Balaban J connectivity index is 4.98. The molecule has 3 heteroatoms. The largest absolute Gasteiger partial charge is 0.348 e. The molecule has 0 aromatic heterocycles. The molecule has 0 spiro atoms. The average Bonchev–Trinajstić information content (AvgIpc) is 2.06. The van der Waals surface area contributed by atoms with Gasteiger partial charge in [-0.15, -0.1) is 0 Å². The summed E-state index contributed by atoms with van der Waals surface area (Å²) in [6.45, 7) is 5.26. The van der Waals surface area contributed by atoms with Crippen molar-refractivity contribution in [1.29, 1.82) is 0 Å². The number of carbonyl (C=O) groups is 2. The Morgan fingerprint density at radius 3 is 1.62 bits per heavy atom. The standard InChI is InChI=1S/C10H19NO2/c1-6-10(7-2,8(3)12)9(13)11(4)5/h6-7H2,1-5H3. The van der Waals surface area contributed by atoms with E-state index in [-0.39, 0.29) is 11.7 Å². The molecule has 3 nitrogen and oxygen atoms in total. The monoisotopic (exact) mass is 185 g/mol. The summed E-state index contributed by atoms with van der Waals surface area (Å²) >= 11 is 0. The molecular weight excluding hydrogens is 166 g/mol. The topological polar surface area (TPSA) is 37.4 Å². The highest BCUT2D eigenvalue weighted by atomic mass is 16.2. The molecule has 13 heavy (non-hydrogen) atoms. The van der Waals surface area contributed by atoms with Gasteiger partial charge < -0.3 is 4.90 Å². The number of Topliss-reactive ketones (excluding diaryl/α,β-unsaturated/α-hetero) is 1. The number of amides is 1. The van der Waals surface area contributed by atoms with Gasteiger partial charge in [-0.1, -0.05) is 13.8 Å². The molecule has 0 aliphatic heterocycles. The van der Waals surface area contributed by atoms with Gasteiger partial charge in [0.05, 0.1) is 0 Å². The molecule has 0 N–H and O–H groups in total. The van der Waals surface area contributed by atoms with E-state index in [1.54, 1.807) is 14.1 Å². The van der Waals surface area contributed by atoms with Crippen molar-refractivity contribution in [3.8, 4) is 0 Å². The molecule has 0 unspecified atom stereocenters. The maximum absolute atomic E-state index is 11.8. The number of ketones is 1. The first kappa shape index (κ1) is 12.1. The third kappa shape index (κ3) is 2.08. The highest BCUT2D eigenvalue weighted by Gasteiger charge is 2.40. The van der Waals surface area contributed by atoms with Gasteiger partial charge in [-0.3, -0.25) is 9.59 Å². The summed E-state index contributed by atoms with van der Waals surface area (Å²) in [5.74, 6) is -0.110. The van der Waals surface area contributed by atoms with Crippen molar-refractivity contribution in [3.63, 3.8) is 0 Å². The Morgan fingerprint density at radius 1 is 1.15 bits per heavy atom. The van der Waals surface area contributed by atoms with Crippen LogP contribution < -0.4 is 0 Å². The molecule has 0 aliphatic carbocycles. The van der Waals surface area contributed by atoms with Crippen LogP contribution in [-0.4, -0.2) is 30.7 Å². The van der Waals surface area contributed by atoms with Crippen LogP contribution in [0.5, 0.6) is 0 Å². The summed E-state index contributed by atoms with van der Waals surface area (Å²) in [6.07, 6.45) is 1.16. The average molecular weight is 185 g/mol. The molecule has 0 heterocycles. The van der Waals surface area contributed by atoms with Crippen molar-refractivity contribution < 1.29 is 9.59 Å². The highest BCUT2D eigenvalue weighted by Crippen LogP contribution is 2.29. The Hall–Kier alpha value is -0.860. The number of carbonyl (C=O) groups excluding carboxylic acids is 2. The lowest BCUT2D eigenvalue weighted by Gasteiger charge is -2.30. The second kappa shape index (κ2) is 4.40. The number of hydrogen-bond acceptors (Lipinski definition) is 2. The first-order valence-electron chi connectivity index (χ1n) is 4.65. The van der Waals surface area contributed by atoms with Crippen LogP contribution in [0.4, 0.5) is 0 Å². The van der Waals surface area contributed by atoms with Crippen molar-refractivity contribution in [3.05, 3.63) is 0 Å². The van der Waals surface area contributed by atoms with Crippen LogP contribution in [0.1, 0.15) is 33.6 Å². The van der Waals surface area contributed by atoms with Crippen LogP contribution in [0.25, 0.3) is 0 Å². The summed E-state index contributed by atoms with van der Waals surface area (Å²) < 4.78 is 0. The van der Waals surface area contributed by atoms with Gasteiger partial charge in [0.15, 0.2) is 0 Å². The van der Waals surface area contributed by atoms with Gasteiger partial charge in [0.2, 0.25) is 5.91 Å². The van der Waals surface area contributed by atoms with E-state index in [1.807, 2.05) is 13.8 Å². The zero-order valence-electron chi connectivity index (χ0n) is 9.18. The molecule has 0 saturated heterocycles. The first-order valence-corrected chi connectivity index (χ1v) is 4.65. The lowest BCUT2D eigenvalue weighted by atomic mass is 9.77. The fraction of sp³-hybridized carbons (Fsp3) is 0.800. The van der Waals surface area contributed by atoms with E-state index in [0.717, 1.165) is 0 Å². The van der Waals surface area contributed by atoms with Crippen molar-refractivity contribution >= 4 is 11.7 Å². The summed E-state index contributed by atoms with van der Waals surface area (Å²) in [5, 5.41) is 0. The Labute approximate surface area is 80.1 Å². The second-order valence-corrected chi connectivity index (χ2v) is 3.54. The minimum Gasteiger partial charge on any atom is -0.348 e. The van der Waals surface area contributed by atoms with Crippen molar-refractivity contribution in [2.24, 2.45) is 5.41 Å². The van der Waals surface area contributed by atoms with Crippen LogP contribution in [0.15, 0.2) is 0 Å². The van der Waals surface area contributed by atoms with Gasteiger partial charge in [0.1, 0.15) is 11.2 Å². The molecule has 0 saturated carbocycles. The molecule has 0 rings (SSSR count). The third-order valence-electron chi connectivity index (χ3n) is 2.70. The van der Waals surface area contributed by atoms with E-state index in [0.29, 0.717) is 12.8 Å². The number of nitrogens with zero attached hydrogens (tertiary/aromatic N) is 1. The normalized spacial score (nSPS) is 11.2. The third-order valence-corrected chi connectivity index (χ3v) is 2.70. The molecule has 0 fully saturated rings. The summed E-state index contributed by atoms with van der Waals surface area (Å²) in [4.78, 5) is 24.7. The Bertz CT molecular complexity index is 205. The molecule has 1 amide bonds. The number of hydrogen-bond donors (Lipinski definition) is 0. The zero-order chi connectivity index (χ0) is 10.6. The Morgan fingerprint density at radius 2 is 1.54 bits per heavy atom. The molecule has 0 bridgehead atoms. The quantitative estimate of drug-likeness (QED) is 0.622. The summed E-state index contributed by atoms with van der Waals surface area (Å²) in [5.41, 5.74) is -0.788. The van der Waals surface area contributed by atoms with E-state index >= 15 is 0 Å². The minimum atomic E-state index is -0.788. The predicted octanol–water partition coefficient (Wildman–Crippen LogP) is 1.47. The van der Waals surface area contributed by atoms with E-state index < -0.39 is 5.41 Å². The van der Waals surface area contributed by atoms with Gasteiger partial charge in [-0.2, -0.15) is 0 Å². The fourth-order valence-corrected chi connectivity index (χ4v) is 1.63. The Kier molecular flexibility index (Phi) is 4.11. The van der Waals surface area contributed by atoms with Gasteiger partial charge in [0, 0.05) is 14.1 Å². The molecule has 0 aromatic rings. The molecule has 0 atom stereocenters. The van der Waals surface area contributed by atoms with E-state index in [4.69, 9.17) is 0 Å². The molecule has 0 aliphatic rings. The minimum absolute atomic E-state index is 0.0313. The van der Waals surface area contributed by atoms with Crippen LogP contribution >= 0.6 is 0 Å². The highest BCUT2D eigenvalue weighted by molar-refractivity contribution is 6.04. The lowest BCUT2D eigenvalue weighted by molar-refractivity contribution is -0.147. The van der Waals surface area contributed by atoms with E-state index in [9.17, 15) is 9.59 Å². The fourth-order valence-electron chi connectivity index (χ4n) is 1.63. The second-order valence-electron chi connectivity index (χ2n) is 3.54. The molecular formula is C10H19NO2. The van der Waals surface area contributed by atoms with Gasteiger partial charge in [0.25, 0.3) is 0 Å². The van der Waals surface area contributed by atoms with Crippen molar-refractivity contribution in [1.82, 2.24) is 4.90 Å². The van der Waals surface area contributed by atoms with E-state index in [1.165, 1.54) is 11.8 Å². The first-order chi connectivity index (χ1) is 5.92. The predicted molar refractivity (Wildman–Crippen MR) is 52.4 cm³/mol. The van der Waals surface area contributed by atoms with Crippen molar-refractivity contribution in [2.75, 3.05) is 14.1 Å². The summed E-state index contributed by atoms with van der Waals surface area (Å²) in [7, 11) is 3.37. The number of rotatable bonds is 4. The zero-order valence-corrected chi connectivity index (χ0v) is 9.18. The maximum Gasteiger partial charge on any atom is 0.235 e. The lowest BCUT2D eigenvalue weighted by Crippen LogP contribution is -2.44. The van der Waals surface area contributed by atoms with Crippen LogP contribution in [0.3, 0.4) is 0 Å². The SMILES string of the molecule is CCC(CC)(C(C)=O)C(=O)N(C)C. The van der Waals surface area contributed by atoms with Crippen molar-refractivity contribution in [2.45, 2.75) is 33.6 Å². The molecule has 0 radical (unpaired) electrons. The van der Waals surface area contributed by atoms with Crippen LogP contribution in [0, 0.1) is 5.41 Å². The maximum atomic E-state index is 11.8. The van der Waals surface area contributed by atoms with Crippen LogP contribution in [0.2, 0.25) is 0 Å². The van der Waals surface area contributed by atoms with Gasteiger partial charge in [-0.05, 0) is 19.8 Å². The molecule has 0 aromatic carbocycles. The van der Waals surface area contributed by atoms with Gasteiger partial charge in [-0.25, -0.2) is 0 Å².